The number of rotatable bonds is 6. The summed E-state index contributed by atoms with van der Waals surface area (Å²) in [5.41, 5.74) is 6.92. The van der Waals surface area contributed by atoms with E-state index >= 15 is 0 Å². The molecule has 0 amide bonds. The third kappa shape index (κ3) is 4.59. The van der Waals surface area contributed by atoms with Crippen molar-refractivity contribution in [2.24, 2.45) is 5.10 Å². The minimum absolute atomic E-state index is 0.258. The summed E-state index contributed by atoms with van der Waals surface area (Å²) in [6, 6.07) is 15.4. The lowest BCUT2D eigenvalue weighted by atomic mass is 10.1. The van der Waals surface area contributed by atoms with Gasteiger partial charge in [-0.1, -0.05) is 29.8 Å². The van der Waals surface area contributed by atoms with Crippen molar-refractivity contribution >= 4 is 23.1 Å². The zero-order chi connectivity index (χ0) is 17.5. The van der Waals surface area contributed by atoms with Gasteiger partial charge in [-0.25, -0.2) is 4.79 Å². The minimum atomic E-state index is -0.446. The lowest BCUT2D eigenvalue weighted by Gasteiger charge is -2.12. The van der Waals surface area contributed by atoms with E-state index in [1.807, 2.05) is 74.4 Å². The number of nitrogens with zero attached hydrogens (tertiary/aromatic N) is 2. The van der Waals surface area contributed by atoms with Crippen LogP contribution < -0.4 is 10.3 Å². The fourth-order valence-electron chi connectivity index (χ4n) is 2.09. The molecule has 0 aliphatic heterocycles. The summed E-state index contributed by atoms with van der Waals surface area (Å²) >= 11 is 0. The minimum Gasteiger partial charge on any atom is -0.461 e. The molecule has 0 aliphatic carbocycles. The lowest BCUT2D eigenvalue weighted by Crippen LogP contribution is -2.20. The molecule has 2 aromatic carbocycles. The van der Waals surface area contributed by atoms with Crippen molar-refractivity contribution in [3.8, 4) is 0 Å². The molecule has 2 rings (SSSR count). The first-order valence-corrected chi connectivity index (χ1v) is 7.86. The maximum absolute atomic E-state index is 12.2. The van der Waals surface area contributed by atoms with Crippen molar-refractivity contribution in [3.63, 3.8) is 0 Å². The van der Waals surface area contributed by atoms with E-state index in [1.54, 1.807) is 6.92 Å². The van der Waals surface area contributed by atoms with E-state index < -0.39 is 5.97 Å². The number of aryl methyl sites for hydroxylation is 1. The average molecular weight is 325 g/mol. The smallest absolute Gasteiger partial charge is 0.359 e. The van der Waals surface area contributed by atoms with E-state index in [4.69, 9.17) is 4.74 Å². The summed E-state index contributed by atoms with van der Waals surface area (Å²) in [6.45, 7) is 4.08. The van der Waals surface area contributed by atoms with Crippen molar-refractivity contribution in [3.05, 3.63) is 59.7 Å². The normalized spacial score (nSPS) is 11.1. The van der Waals surface area contributed by atoms with Crippen molar-refractivity contribution in [1.29, 1.82) is 0 Å². The number of hydrogen-bond acceptors (Lipinski definition) is 5. The van der Waals surface area contributed by atoms with E-state index in [2.05, 4.69) is 10.5 Å². The lowest BCUT2D eigenvalue weighted by molar-refractivity contribution is -0.134. The topological polar surface area (TPSA) is 53.9 Å². The van der Waals surface area contributed by atoms with Gasteiger partial charge < -0.3 is 9.64 Å². The van der Waals surface area contributed by atoms with Gasteiger partial charge in [-0.05, 0) is 38.1 Å². The van der Waals surface area contributed by atoms with Gasteiger partial charge in [0.2, 0.25) is 0 Å². The van der Waals surface area contributed by atoms with E-state index in [-0.39, 0.29) is 5.71 Å². The average Bonchev–Trinajstić information content (AvgIpc) is 2.57. The second kappa shape index (κ2) is 8.15. The highest BCUT2D eigenvalue weighted by atomic mass is 16.5. The summed E-state index contributed by atoms with van der Waals surface area (Å²) in [7, 11) is 3.97. The van der Waals surface area contributed by atoms with Crippen LogP contribution in [0.15, 0.2) is 53.6 Å². The number of carbonyl (C=O) groups excluding carboxylic acids is 1. The molecule has 0 spiro atoms. The highest BCUT2D eigenvalue weighted by molar-refractivity contribution is 6.43. The molecule has 0 bridgehead atoms. The third-order valence-corrected chi connectivity index (χ3v) is 3.47. The molecule has 0 radical (unpaired) electrons. The van der Waals surface area contributed by atoms with Crippen LogP contribution in [0.25, 0.3) is 0 Å². The Morgan fingerprint density at radius 3 is 2.25 bits per heavy atom. The molecule has 0 unspecified atom stereocenters. The Hall–Kier alpha value is -2.82. The van der Waals surface area contributed by atoms with Crippen molar-refractivity contribution in [2.75, 3.05) is 31.0 Å². The highest BCUT2D eigenvalue weighted by Crippen LogP contribution is 2.16. The predicted octanol–water partition coefficient (Wildman–Crippen LogP) is 3.44. The van der Waals surface area contributed by atoms with Crippen LogP contribution in [-0.4, -0.2) is 32.4 Å². The molecule has 0 aliphatic rings. The molecule has 0 saturated carbocycles. The second-order valence-corrected chi connectivity index (χ2v) is 5.60. The highest BCUT2D eigenvalue weighted by Gasteiger charge is 2.15. The summed E-state index contributed by atoms with van der Waals surface area (Å²) in [6.07, 6.45) is 0. The first-order valence-electron chi connectivity index (χ1n) is 7.86. The molecule has 1 N–H and O–H groups in total. The summed E-state index contributed by atoms with van der Waals surface area (Å²) in [5.74, 6) is -0.446. The van der Waals surface area contributed by atoms with Gasteiger partial charge in [-0.15, -0.1) is 0 Å². The Morgan fingerprint density at radius 2 is 1.71 bits per heavy atom. The van der Waals surface area contributed by atoms with Crippen LogP contribution in [0.5, 0.6) is 0 Å². The zero-order valence-electron chi connectivity index (χ0n) is 14.5. The van der Waals surface area contributed by atoms with Gasteiger partial charge in [0.1, 0.15) is 0 Å². The second-order valence-electron chi connectivity index (χ2n) is 5.60. The number of hydrogen-bond donors (Lipinski definition) is 1. The molecule has 5 heteroatoms. The van der Waals surface area contributed by atoms with Crippen LogP contribution in [0.1, 0.15) is 18.1 Å². The molecule has 2 aromatic rings. The maximum Gasteiger partial charge on any atom is 0.359 e. The quantitative estimate of drug-likeness (QED) is 0.502. The zero-order valence-corrected chi connectivity index (χ0v) is 14.5. The maximum atomic E-state index is 12.2. The molecule has 0 heterocycles. The predicted molar refractivity (Wildman–Crippen MR) is 98.7 cm³/mol. The van der Waals surface area contributed by atoms with Crippen LogP contribution in [0, 0.1) is 6.92 Å². The monoisotopic (exact) mass is 325 g/mol. The van der Waals surface area contributed by atoms with Gasteiger partial charge in [0.25, 0.3) is 0 Å². The molecule has 5 nitrogen and oxygen atoms in total. The molecular formula is C19H23N3O2. The SMILES string of the molecule is CCOC(=O)/C(=N\Nc1ccc(N(C)C)cc1)c1ccc(C)cc1. The standard InChI is InChI=1S/C19H23N3O2/c1-5-24-19(23)18(15-8-6-14(2)7-9-15)21-20-16-10-12-17(13-11-16)22(3)4/h6-13,20H,5H2,1-4H3/b21-18-. The van der Waals surface area contributed by atoms with Crippen molar-refractivity contribution < 1.29 is 9.53 Å². The molecular weight excluding hydrogens is 302 g/mol. The van der Waals surface area contributed by atoms with E-state index in [0.29, 0.717) is 6.61 Å². The van der Waals surface area contributed by atoms with Gasteiger partial charge >= 0.3 is 5.97 Å². The Labute approximate surface area is 142 Å². The van der Waals surface area contributed by atoms with Crippen molar-refractivity contribution in [2.45, 2.75) is 13.8 Å². The van der Waals surface area contributed by atoms with Gasteiger partial charge in [0.05, 0.1) is 12.3 Å². The fraction of sp³-hybridized carbons (Fsp3) is 0.263. The fourth-order valence-corrected chi connectivity index (χ4v) is 2.09. The molecule has 0 atom stereocenters. The molecule has 0 fully saturated rings. The number of anilines is 2. The van der Waals surface area contributed by atoms with Crippen LogP contribution in [-0.2, 0) is 9.53 Å². The van der Waals surface area contributed by atoms with Crippen LogP contribution in [0.3, 0.4) is 0 Å². The van der Waals surface area contributed by atoms with Gasteiger partial charge in [0, 0.05) is 25.3 Å². The first kappa shape index (κ1) is 17.5. The Bertz CT molecular complexity index is 704. The number of ether oxygens (including phenoxy) is 1. The van der Waals surface area contributed by atoms with E-state index in [9.17, 15) is 4.79 Å². The van der Waals surface area contributed by atoms with Gasteiger partial charge in [-0.3, -0.25) is 5.43 Å². The molecule has 24 heavy (non-hydrogen) atoms. The number of carbonyl (C=O) groups is 1. The first-order chi connectivity index (χ1) is 11.5. The van der Waals surface area contributed by atoms with Crippen molar-refractivity contribution in [1.82, 2.24) is 0 Å². The Morgan fingerprint density at radius 1 is 1.08 bits per heavy atom. The van der Waals surface area contributed by atoms with Gasteiger partial charge in [-0.2, -0.15) is 5.10 Å². The van der Waals surface area contributed by atoms with Crippen LogP contribution in [0.4, 0.5) is 11.4 Å². The Kier molecular flexibility index (Phi) is 5.95. The van der Waals surface area contributed by atoms with E-state index in [1.165, 1.54) is 0 Å². The van der Waals surface area contributed by atoms with Crippen LogP contribution >= 0.6 is 0 Å². The largest absolute Gasteiger partial charge is 0.461 e. The summed E-state index contributed by atoms with van der Waals surface area (Å²) < 4.78 is 5.11. The Balaban J connectivity index is 2.24. The van der Waals surface area contributed by atoms with Gasteiger partial charge in [0.15, 0.2) is 5.71 Å². The number of hydrazone groups is 1. The third-order valence-electron chi connectivity index (χ3n) is 3.47. The number of benzene rings is 2. The number of esters is 1. The van der Waals surface area contributed by atoms with Crippen LogP contribution in [0.2, 0.25) is 0 Å². The summed E-state index contributed by atoms with van der Waals surface area (Å²) in [5, 5.41) is 4.27. The molecule has 0 saturated heterocycles. The van der Waals surface area contributed by atoms with E-state index in [0.717, 1.165) is 22.5 Å². The molecule has 0 aromatic heterocycles. The molecule has 126 valence electrons. The number of nitrogens with one attached hydrogen (secondary N) is 1. The summed E-state index contributed by atoms with van der Waals surface area (Å²) in [4.78, 5) is 14.2.